The second-order valence-electron chi connectivity index (χ2n) is 5.19. The molecule has 1 amide bonds. The third kappa shape index (κ3) is 2.86. The number of anilines is 2. The van der Waals surface area contributed by atoms with Crippen molar-refractivity contribution in [2.75, 3.05) is 36.8 Å². The predicted octanol–water partition coefficient (Wildman–Crippen LogP) is 1.77. The quantitative estimate of drug-likeness (QED) is 0.918. The maximum absolute atomic E-state index is 13.0. The van der Waals surface area contributed by atoms with Gasteiger partial charge >= 0.3 is 0 Å². The monoisotopic (exact) mass is 300 g/mol. The molecule has 2 aromatic rings. The SMILES string of the molecule is Nc1ncccc1C(=O)N1CCN(c2ccc(F)cc2)CC1. The summed E-state index contributed by atoms with van der Waals surface area (Å²) in [5.74, 6) is -0.0811. The van der Waals surface area contributed by atoms with E-state index in [0.717, 1.165) is 5.69 Å². The van der Waals surface area contributed by atoms with Gasteiger partial charge in [0.2, 0.25) is 0 Å². The van der Waals surface area contributed by atoms with Gasteiger partial charge in [0.1, 0.15) is 11.6 Å². The van der Waals surface area contributed by atoms with E-state index in [-0.39, 0.29) is 17.5 Å². The molecule has 0 atom stereocenters. The van der Waals surface area contributed by atoms with Crippen LogP contribution < -0.4 is 10.6 Å². The standard InChI is InChI=1S/C16H17FN4O/c17-12-3-5-13(6-4-12)20-8-10-21(11-9-20)16(22)14-2-1-7-19-15(14)18/h1-7H,8-11H2,(H2,18,19). The Morgan fingerprint density at radius 3 is 2.41 bits per heavy atom. The van der Waals surface area contributed by atoms with Crippen molar-refractivity contribution in [2.45, 2.75) is 0 Å². The third-order valence-electron chi connectivity index (χ3n) is 3.83. The lowest BCUT2D eigenvalue weighted by atomic mass is 10.2. The Labute approximate surface area is 128 Å². The van der Waals surface area contributed by atoms with E-state index in [1.165, 1.54) is 12.1 Å². The molecular formula is C16H17FN4O. The zero-order valence-electron chi connectivity index (χ0n) is 12.1. The summed E-state index contributed by atoms with van der Waals surface area (Å²) in [6.07, 6.45) is 1.57. The number of nitrogen functional groups attached to an aromatic ring is 1. The number of halogens is 1. The summed E-state index contributed by atoms with van der Waals surface area (Å²) in [4.78, 5) is 20.3. The van der Waals surface area contributed by atoms with E-state index in [1.807, 2.05) is 0 Å². The number of hydrogen-bond donors (Lipinski definition) is 1. The van der Waals surface area contributed by atoms with Crippen molar-refractivity contribution in [3.8, 4) is 0 Å². The van der Waals surface area contributed by atoms with Gasteiger partial charge < -0.3 is 15.5 Å². The lowest BCUT2D eigenvalue weighted by Gasteiger charge is -2.36. The van der Waals surface area contributed by atoms with Gasteiger partial charge in [0, 0.05) is 38.1 Å². The van der Waals surface area contributed by atoms with Gasteiger partial charge in [-0.2, -0.15) is 0 Å². The number of nitrogens with two attached hydrogens (primary N) is 1. The smallest absolute Gasteiger partial charge is 0.257 e. The molecule has 0 radical (unpaired) electrons. The number of nitrogens with zero attached hydrogens (tertiary/aromatic N) is 3. The molecular weight excluding hydrogens is 283 g/mol. The number of piperazine rings is 1. The van der Waals surface area contributed by atoms with Crippen LogP contribution in [0.3, 0.4) is 0 Å². The van der Waals surface area contributed by atoms with E-state index in [0.29, 0.717) is 31.7 Å². The zero-order valence-corrected chi connectivity index (χ0v) is 12.1. The van der Waals surface area contributed by atoms with Crippen LogP contribution in [-0.2, 0) is 0 Å². The molecule has 22 heavy (non-hydrogen) atoms. The highest BCUT2D eigenvalue weighted by atomic mass is 19.1. The predicted molar refractivity (Wildman–Crippen MR) is 83.2 cm³/mol. The first-order chi connectivity index (χ1) is 10.6. The van der Waals surface area contributed by atoms with Crippen LogP contribution in [0, 0.1) is 5.82 Å². The Morgan fingerprint density at radius 2 is 1.77 bits per heavy atom. The topological polar surface area (TPSA) is 62.5 Å². The van der Waals surface area contributed by atoms with Gasteiger partial charge in [0.15, 0.2) is 0 Å². The van der Waals surface area contributed by atoms with E-state index in [4.69, 9.17) is 5.73 Å². The Balaban J connectivity index is 1.65. The van der Waals surface area contributed by atoms with Gasteiger partial charge in [0.25, 0.3) is 5.91 Å². The van der Waals surface area contributed by atoms with Gasteiger partial charge in [-0.05, 0) is 36.4 Å². The van der Waals surface area contributed by atoms with Crippen molar-refractivity contribution >= 4 is 17.4 Å². The van der Waals surface area contributed by atoms with Crippen LogP contribution in [0.4, 0.5) is 15.9 Å². The first-order valence-electron chi connectivity index (χ1n) is 7.15. The molecule has 2 N–H and O–H groups in total. The number of hydrogen-bond acceptors (Lipinski definition) is 4. The minimum Gasteiger partial charge on any atom is -0.383 e. The molecule has 1 aliphatic heterocycles. The van der Waals surface area contributed by atoms with Crippen LogP contribution in [0.2, 0.25) is 0 Å². The lowest BCUT2D eigenvalue weighted by molar-refractivity contribution is 0.0747. The normalized spacial score (nSPS) is 15.0. The van der Waals surface area contributed by atoms with Crippen molar-refractivity contribution in [3.05, 3.63) is 54.0 Å². The number of carbonyl (C=O) groups excluding carboxylic acids is 1. The molecule has 6 heteroatoms. The molecule has 0 unspecified atom stereocenters. The van der Waals surface area contributed by atoms with E-state index < -0.39 is 0 Å². The first-order valence-corrected chi connectivity index (χ1v) is 7.15. The number of rotatable bonds is 2. The molecule has 1 aromatic heterocycles. The number of aromatic nitrogens is 1. The lowest BCUT2D eigenvalue weighted by Crippen LogP contribution is -2.49. The van der Waals surface area contributed by atoms with Gasteiger partial charge in [-0.15, -0.1) is 0 Å². The minimum atomic E-state index is -0.246. The summed E-state index contributed by atoms with van der Waals surface area (Å²) >= 11 is 0. The van der Waals surface area contributed by atoms with Gasteiger partial charge in [-0.1, -0.05) is 0 Å². The van der Waals surface area contributed by atoms with Crippen molar-refractivity contribution in [2.24, 2.45) is 0 Å². The van der Waals surface area contributed by atoms with Crippen LogP contribution in [0.25, 0.3) is 0 Å². The fourth-order valence-electron chi connectivity index (χ4n) is 2.59. The molecule has 2 heterocycles. The summed E-state index contributed by atoms with van der Waals surface area (Å²) in [6.45, 7) is 2.62. The van der Waals surface area contributed by atoms with Crippen LogP contribution in [0.15, 0.2) is 42.6 Å². The van der Waals surface area contributed by atoms with Crippen molar-refractivity contribution in [3.63, 3.8) is 0 Å². The number of pyridine rings is 1. The molecule has 3 rings (SSSR count). The fraction of sp³-hybridized carbons (Fsp3) is 0.250. The average Bonchev–Trinajstić information content (AvgIpc) is 2.56. The highest BCUT2D eigenvalue weighted by molar-refractivity contribution is 5.98. The van der Waals surface area contributed by atoms with Crippen molar-refractivity contribution in [1.29, 1.82) is 0 Å². The summed E-state index contributed by atoms with van der Waals surface area (Å²) in [5.41, 5.74) is 7.17. The van der Waals surface area contributed by atoms with Crippen molar-refractivity contribution < 1.29 is 9.18 Å². The highest BCUT2D eigenvalue weighted by Crippen LogP contribution is 2.18. The van der Waals surface area contributed by atoms with Gasteiger partial charge in [-0.25, -0.2) is 9.37 Å². The van der Waals surface area contributed by atoms with Crippen LogP contribution in [0.1, 0.15) is 10.4 Å². The van der Waals surface area contributed by atoms with Crippen LogP contribution >= 0.6 is 0 Å². The highest BCUT2D eigenvalue weighted by Gasteiger charge is 2.23. The molecule has 0 saturated carbocycles. The Kier molecular flexibility index (Phi) is 3.91. The molecule has 114 valence electrons. The average molecular weight is 300 g/mol. The summed E-state index contributed by atoms with van der Waals surface area (Å²) in [7, 11) is 0. The summed E-state index contributed by atoms with van der Waals surface area (Å²) in [6, 6.07) is 9.81. The maximum atomic E-state index is 13.0. The molecule has 5 nitrogen and oxygen atoms in total. The van der Waals surface area contributed by atoms with Crippen molar-refractivity contribution in [1.82, 2.24) is 9.88 Å². The molecule has 1 aromatic carbocycles. The van der Waals surface area contributed by atoms with Crippen LogP contribution in [0.5, 0.6) is 0 Å². The van der Waals surface area contributed by atoms with E-state index >= 15 is 0 Å². The molecule has 0 aliphatic carbocycles. The number of carbonyl (C=O) groups is 1. The summed E-state index contributed by atoms with van der Waals surface area (Å²) < 4.78 is 13.0. The minimum absolute atomic E-state index is 0.0932. The third-order valence-corrected chi connectivity index (χ3v) is 3.83. The first kappa shape index (κ1) is 14.3. The van der Waals surface area contributed by atoms with Crippen LogP contribution in [-0.4, -0.2) is 42.0 Å². The molecule has 0 bridgehead atoms. The van der Waals surface area contributed by atoms with E-state index in [2.05, 4.69) is 9.88 Å². The second-order valence-corrected chi connectivity index (χ2v) is 5.19. The van der Waals surface area contributed by atoms with Gasteiger partial charge in [0.05, 0.1) is 5.56 Å². The fourth-order valence-corrected chi connectivity index (χ4v) is 2.59. The number of amides is 1. The molecule has 1 aliphatic rings. The second kappa shape index (κ2) is 6.01. The molecule has 0 spiro atoms. The Morgan fingerprint density at radius 1 is 1.09 bits per heavy atom. The van der Waals surface area contributed by atoms with E-state index in [1.54, 1.807) is 35.4 Å². The Hall–Kier alpha value is -2.63. The van der Waals surface area contributed by atoms with E-state index in [9.17, 15) is 9.18 Å². The molecule has 1 saturated heterocycles. The van der Waals surface area contributed by atoms with Gasteiger partial charge in [-0.3, -0.25) is 4.79 Å². The molecule has 1 fully saturated rings. The summed E-state index contributed by atoms with van der Waals surface area (Å²) in [5, 5.41) is 0. The zero-order chi connectivity index (χ0) is 15.5. The maximum Gasteiger partial charge on any atom is 0.257 e. The largest absolute Gasteiger partial charge is 0.383 e. The Bertz CT molecular complexity index is 666. The number of benzene rings is 1.